The number of carbonyl (C=O) groups is 4. The summed E-state index contributed by atoms with van der Waals surface area (Å²) >= 11 is 0. The van der Waals surface area contributed by atoms with Gasteiger partial charge in [0, 0.05) is 18.3 Å². The molecule has 8 N–H and O–H groups in total. The van der Waals surface area contributed by atoms with Crippen LogP contribution >= 0.6 is 0 Å². The molecule has 0 fully saturated rings. The van der Waals surface area contributed by atoms with E-state index in [2.05, 4.69) is 20.6 Å². The quantitative estimate of drug-likeness (QED) is 0.224. The van der Waals surface area contributed by atoms with Gasteiger partial charge >= 0.3 is 11.9 Å². The number of aliphatic hydroxyl groups excluding tert-OH is 1. The zero-order chi connectivity index (χ0) is 19.0. The molecule has 0 aromatic carbocycles. The van der Waals surface area contributed by atoms with Crippen LogP contribution in [0.2, 0.25) is 0 Å². The number of carboxylic acids is 2. The summed E-state index contributed by atoms with van der Waals surface area (Å²) in [5.74, 6) is -4.52. The summed E-state index contributed by atoms with van der Waals surface area (Å²) in [7, 11) is 0. The monoisotopic (exact) mass is 357 g/mol. The van der Waals surface area contributed by atoms with Gasteiger partial charge in [-0.05, 0) is 0 Å². The first kappa shape index (κ1) is 20.1. The second kappa shape index (κ2) is 9.34. The predicted octanol–water partition coefficient (Wildman–Crippen LogP) is -3.20. The lowest BCUT2D eigenvalue weighted by Crippen LogP contribution is -2.56. The molecule has 0 aliphatic carbocycles. The maximum absolute atomic E-state index is 12.2. The Labute approximate surface area is 141 Å². The van der Waals surface area contributed by atoms with E-state index in [4.69, 9.17) is 21.1 Å². The van der Waals surface area contributed by atoms with Crippen LogP contribution in [0, 0.1) is 0 Å². The number of carboxylic acid groups (broad SMARTS) is 2. The normalized spacial score (nSPS) is 14.2. The number of nitrogens with one attached hydrogen (secondary N) is 3. The third-order valence-corrected chi connectivity index (χ3v) is 3.14. The molecule has 25 heavy (non-hydrogen) atoms. The van der Waals surface area contributed by atoms with Crippen molar-refractivity contribution < 1.29 is 34.5 Å². The molecule has 3 atom stereocenters. The van der Waals surface area contributed by atoms with Crippen molar-refractivity contribution in [2.75, 3.05) is 6.61 Å². The number of carbonyl (C=O) groups excluding carboxylic acids is 2. The number of amides is 2. The van der Waals surface area contributed by atoms with E-state index in [9.17, 15) is 19.2 Å². The summed E-state index contributed by atoms with van der Waals surface area (Å²) < 4.78 is 0. The molecule has 0 spiro atoms. The molecule has 2 amide bonds. The standard InChI is InChI=1S/C13H19N5O7/c14-7(2-10(20)21)11(22)17-8(1-6-3-15-5-16-6)12(23)18-9(4-19)13(24)25/h3,5,7-9,19H,1-2,4,14H2,(H,15,16)(H,17,22)(H,18,23)(H,20,21)(H,24,25)/t7-,8-,9-/m0/s1. The molecule has 12 heteroatoms. The minimum absolute atomic E-state index is 0.0743. The second-order valence-electron chi connectivity index (χ2n) is 5.13. The summed E-state index contributed by atoms with van der Waals surface area (Å²) in [6, 6.07) is -4.19. The minimum Gasteiger partial charge on any atom is -0.481 e. The van der Waals surface area contributed by atoms with Crippen molar-refractivity contribution in [1.82, 2.24) is 20.6 Å². The molecule has 0 radical (unpaired) electrons. The Morgan fingerprint density at radius 2 is 1.80 bits per heavy atom. The first-order valence-electron chi connectivity index (χ1n) is 7.13. The van der Waals surface area contributed by atoms with E-state index >= 15 is 0 Å². The molecule has 0 bridgehead atoms. The number of rotatable bonds is 10. The molecule has 1 aromatic heterocycles. The van der Waals surface area contributed by atoms with Crippen LogP contribution in [0.4, 0.5) is 0 Å². The summed E-state index contributed by atoms with van der Waals surface area (Å²) in [5.41, 5.74) is 5.90. The summed E-state index contributed by atoms with van der Waals surface area (Å²) in [6.45, 7) is -0.843. The average molecular weight is 357 g/mol. The lowest BCUT2D eigenvalue weighted by Gasteiger charge is -2.21. The van der Waals surface area contributed by atoms with E-state index in [-0.39, 0.29) is 6.42 Å². The topological polar surface area (TPSA) is 208 Å². The molecule has 0 unspecified atom stereocenters. The van der Waals surface area contributed by atoms with Crippen LogP contribution in [0.25, 0.3) is 0 Å². The number of aromatic amines is 1. The molecule has 12 nitrogen and oxygen atoms in total. The van der Waals surface area contributed by atoms with Crippen molar-refractivity contribution in [3.05, 3.63) is 18.2 Å². The van der Waals surface area contributed by atoms with Gasteiger partial charge in [-0.25, -0.2) is 9.78 Å². The second-order valence-corrected chi connectivity index (χ2v) is 5.13. The maximum Gasteiger partial charge on any atom is 0.328 e. The molecule has 0 saturated carbocycles. The molecule has 0 saturated heterocycles. The molecule has 1 rings (SSSR count). The Morgan fingerprint density at radius 1 is 1.16 bits per heavy atom. The first-order chi connectivity index (χ1) is 11.7. The number of aromatic nitrogens is 2. The Kier molecular flexibility index (Phi) is 7.49. The summed E-state index contributed by atoms with van der Waals surface area (Å²) in [4.78, 5) is 52.1. The number of aliphatic carboxylic acids is 2. The van der Waals surface area contributed by atoms with Gasteiger partial charge in [0.15, 0.2) is 0 Å². The van der Waals surface area contributed by atoms with Crippen LogP contribution in [-0.2, 0) is 25.6 Å². The number of nitrogens with zero attached hydrogens (tertiary/aromatic N) is 1. The summed E-state index contributed by atoms with van der Waals surface area (Å²) in [5, 5.41) is 30.8. The van der Waals surface area contributed by atoms with Crippen LogP contribution in [0.3, 0.4) is 0 Å². The van der Waals surface area contributed by atoms with Crippen molar-refractivity contribution in [3.8, 4) is 0 Å². The van der Waals surface area contributed by atoms with Crippen molar-refractivity contribution in [1.29, 1.82) is 0 Å². The number of nitrogens with two attached hydrogens (primary N) is 1. The van der Waals surface area contributed by atoms with E-state index < -0.39 is 54.9 Å². The maximum atomic E-state index is 12.2. The third kappa shape index (κ3) is 6.56. The largest absolute Gasteiger partial charge is 0.481 e. The number of imidazole rings is 1. The highest BCUT2D eigenvalue weighted by atomic mass is 16.4. The lowest BCUT2D eigenvalue weighted by atomic mass is 10.1. The van der Waals surface area contributed by atoms with Crippen molar-refractivity contribution >= 4 is 23.8 Å². The van der Waals surface area contributed by atoms with Crippen molar-refractivity contribution in [3.63, 3.8) is 0 Å². The average Bonchev–Trinajstić information content (AvgIpc) is 3.03. The van der Waals surface area contributed by atoms with E-state index in [1.54, 1.807) is 0 Å². The lowest BCUT2D eigenvalue weighted by molar-refractivity contribution is -0.143. The Morgan fingerprint density at radius 3 is 2.28 bits per heavy atom. The highest BCUT2D eigenvalue weighted by molar-refractivity contribution is 5.93. The van der Waals surface area contributed by atoms with Crippen molar-refractivity contribution in [2.24, 2.45) is 5.73 Å². The van der Waals surface area contributed by atoms with Gasteiger partial charge < -0.3 is 36.7 Å². The molecule has 1 heterocycles. The van der Waals surface area contributed by atoms with Crippen LogP contribution in [0.1, 0.15) is 12.1 Å². The summed E-state index contributed by atoms with van der Waals surface area (Å²) in [6.07, 6.45) is 2.02. The van der Waals surface area contributed by atoms with Crippen LogP contribution in [0.5, 0.6) is 0 Å². The van der Waals surface area contributed by atoms with Crippen LogP contribution in [0.15, 0.2) is 12.5 Å². The number of aliphatic hydroxyl groups is 1. The molecule has 0 aliphatic rings. The fourth-order valence-corrected chi connectivity index (χ4v) is 1.84. The fraction of sp³-hybridized carbons (Fsp3) is 0.462. The highest BCUT2D eigenvalue weighted by Crippen LogP contribution is 2.01. The predicted molar refractivity (Wildman–Crippen MR) is 81.1 cm³/mol. The first-order valence-corrected chi connectivity index (χ1v) is 7.13. The van der Waals surface area contributed by atoms with Crippen LogP contribution in [-0.4, -0.2) is 73.8 Å². The van der Waals surface area contributed by atoms with Crippen LogP contribution < -0.4 is 16.4 Å². The number of H-pyrrole nitrogens is 1. The molecular formula is C13H19N5O7. The van der Waals surface area contributed by atoms with E-state index in [0.717, 1.165) is 0 Å². The van der Waals surface area contributed by atoms with Gasteiger partial charge in [-0.1, -0.05) is 0 Å². The van der Waals surface area contributed by atoms with Gasteiger partial charge in [0.2, 0.25) is 11.8 Å². The smallest absolute Gasteiger partial charge is 0.328 e. The van der Waals surface area contributed by atoms with Gasteiger partial charge in [0.1, 0.15) is 12.1 Å². The Hall–Kier alpha value is -2.99. The van der Waals surface area contributed by atoms with Crippen molar-refractivity contribution in [2.45, 2.75) is 31.0 Å². The van der Waals surface area contributed by atoms with Gasteiger partial charge in [-0.15, -0.1) is 0 Å². The Bertz CT molecular complexity index is 618. The highest BCUT2D eigenvalue weighted by Gasteiger charge is 2.28. The Balaban J connectivity index is 2.84. The van der Waals surface area contributed by atoms with Gasteiger partial charge in [0.25, 0.3) is 0 Å². The molecule has 1 aromatic rings. The van der Waals surface area contributed by atoms with Gasteiger partial charge in [-0.2, -0.15) is 0 Å². The third-order valence-electron chi connectivity index (χ3n) is 3.14. The number of hydrogen-bond acceptors (Lipinski definition) is 7. The van der Waals surface area contributed by atoms with E-state index in [1.165, 1.54) is 12.5 Å². The minimum atomic E-state index is -1.55. The zero-order valence-corrected chi connectivity index (χ0v) is 13.0. The van der Waals surface area contributed by atoms with Gasteiger partial charge in [-0.3, -0.25) is 14.4 Å². The van der Waals surface area contributed by atoms with E-state index in [1.807, 2.05) is 0 Å². The molecule has 0 aliphatic heterocycles. The molecular weight excluding hydrogens is 338 g/mol. The van der Waals surface area contributed by atoms with Gasteiger partial charge in [0.05, 0.1) is 25.4 Å². The fourth-order valence-electron chi connectivity index (χ4n) is 1.84. The zero-order valence-electron chi connectivity index (χ0n) is 13.0. The van der Waals surface area contributed by atoms with E-state index in [0.29, 0.717) is 5.69 Å². The molecule has 138 valence electrons. The number of hydrogen-bond donors (Lipinski definition) is 7. The SMILES string of the molecule is N[C@@H](CC(=O)O)C(=O)N[C@@H](Cc1cnc[nH]1)C(=O)N[C@@H](CO)C(=O)O.